The predicted octanol–water partition coefficient (Wildman–Crippen LogP) is 3.71. The van der Waals surface area contributed by atoms with Crippen LogP contribution in [0.1, 0.15) is 21.5 Å². The Balaban J connectivity index is 2.13. The quantitative estimate of drug-likeness (QED) is 0.727. The van der Waals surface area contributed by atoms with Crippen molar-refractivity contribution in [3.05, 3.63) is 64.0 Å². The summed E-state index contributed by atoms with van der Waals surface area (Å²) in [7, 11) is 1.68. The Hall–Kier alpha value is -2.24. The van der Waals surface area contributed by atoms with Gasteiger partial charge in [0.05, 0.1) is 16.8 Å². The van der Waals surface area contributed by atoms with Crippen LogP contribution in [0.5, 0.6) is 0 Å². The summed E-state index contributed by atoms with van der Waals surface area (Å²) in [6, 6.07) is 13.8. The van der Waals surface area contributed by atoms with Crippen molar-refractivity contribution in [2.45, 2.75) is 20.4 Å². The zero-order chi connectivity index (χ0) is 17.1. The number of aryl methyl sites for hydroxylation is 2. The number of nitrogens with zero attached hydrogens (tertiary/aromatic N) is 2. The second kappa shape index (κ2) is 7.11. The molecule has 0 bridgehead atoms. The highest BCUT2D eigenvalue weighted by Gasteiger charge is 2.10. The van der Waals surface area contributed by atoms with Crippen LogP contribution in [0.15, 0.2) is 47.5 Å². The zero-order valence-corrected chi connectivity index (χ0v) is 14.9. The molecule has 0 saturated carbocycles. The third-order valence-electron chi connectivity index (χ3n) is 3.93. The fourth-order valence-corrected chi connectivity index (χ4v) is 3.78. The van der Waals surface area contributed by atoms with Gasteiger partial charge in [0.2, 0.25) is 0 Å². The number of benzene rings is 2. The summed E-state index contributed by atoms with van der Waals surface area (Å²) in [6.07, 6.45) is 0. The number of amides is 1. The van der Waals surface area contributed by atoms with E-state index in [1.807, 2.05) is 31.2 Å². The lowest BCUT2D eigenvalue weighted by molar-refractivity contribution is 0.0997. The normalized spacial score (nSPS) is 12.0. The van der Waals surface area contributed by atoms with E-state index in [1.165, 1.54) is 16.9 Å². The molecule has 0 aliphatic carbocycles. The van der Waals surface area contributed by atoms with Gasteiger partial charge in [-0.1, -0.05) is 35.6 Å². The average Bonchev–Trinajstić information content (AvgIpc) is 2.89. The summed E-state index contributed by atoms with van der Waals surface area (Å²) in [5, 5.41) is 0. The van der Waals surface area contributed by atoms with Crippen LogP contribution in [-0.2, 0) is 11.3 Å². The van der Waals surface area contributed by atoms with Crippen molar-refractivity contribution in [2.24, 2.45) is 4.99 Å². The average molecular weight is 340 g/mol. The minimum Gasteiger partial charge on any atom is -0.383 e. The number of fused-ring (bicyclic) bond motifs is 1. The molecule has 24 heavy (non-hydrogen) atoms. The maximum absolute atomic E-state index is 12.6. The lowest BCUT2D eigenvalue weighted by Gasteiger charge is -2.05. The van der Waals surface area contributed by atoms with E-state index in [0.29, 0.717) is 23.5 Å². The SMILES string of the molecule is COCCn1c(=NC(=O)c2ccccc2C)sc2cc(C)ccc21. The predicted molar refractivity (Wildman–Crippen MR) is 97.5 cm³/mol. The largest absolute Gasteiger partial charge is 0.383 e. The van der Waals surface area contributed by atoms with E-state index in [-0.39, 0.29) is 5.91 Å². The number of thiazole rings is 1. The first-order chi connectivity index (χ1) is 11.6. The molecule has 5 heteroatoms. The summed E-state index contributed by atoms with van der Waals surface area (Å²) in [5.41, 5.74) is 3.86. The maximum Gasteiger partial charge on any atom is 0.279 e. The van der Waals surface area contributed by atoms with Gasteiger partial charge in [0.25, 0.3) is 5.91 Å². The number of aromatic nitrogens is 1. The molecule has 0 saturated heterocycles. The van der Waals surface area contributed by atoms with Crippen LogP contribution in [-0.4, -0.2) is 24.2 Å². The van der Waals surface area contributed by atoms with Gasteiger partial charge >= 0.3 is 0 Å². The number of ether oxygens (including phenoxy) is 1. The molecule has 2 aromatic carbocycles. The first-order valence-corrected chi connectivity index (χ1v) is 8.65. The molecule has 0 aliphatic rings. The van der Waals surface area contributed by atoms with E-state index in [9.17, 15) is 4.79 Å². The number of rotatable bonds is 4. The monoisotopic (exact) mass is 340 g/mol. The Labute approximate surface area is 145 Å². The molecular formula is C19H20N2O2S. The molecule has 0 fully saturated rings. The molecule has 1 amide bonds. The fraction of sp³-hybridized carbons (Fsp3) is 0.263. The maximum atomic E-state index is 12.6. The first-order valence-electron chi connectivity index (χ1n) is 7.84. The third kappa shape index (κ3) is 3.32. The Morgan fingerprint density at radius 2 is 2.00 bits per heavy atom. The van der Waals surface area contributed by atoms with Crippen LogP contribution in [0, 0.1) is 13.8 Å². The van der Waals surface area contributed by atoms with Gasteiger partial charge in [-0.25, -0.2) is 0 Å². The molecule has 124 valence electrons. The zero-order valence-electron chi connectivity index (χ0n) is 14.1. The van der Waals surface area contributed by atoms with E-state index in [2.05, 4.69) is 34.7 Å². The van der Waals surface area contributed by atoms with Crippen molar-refractivity contribution in [2.75, 3.05) is 13.7 Å². The molecule has 3 aromatic rings. The van der Waals surface area contributed by atoms with Crippen LogP contribution in [0.4, 0.5) is 0 Å². The Kier molecular flexibility index (Phi) is 4.92. The summed E-state index contributed by atoms with van der Waals surface area (Å²) < 4.78 is 8.39. The van der Waals surface area contributed by atoms with Crippen molar-refractivity contribution in [1.29, 1.82) is 0 Å². The van der Waals surface area contributed by atoms with Gasteiger partial charge in [-0.3, -0.25) is 4.79 Å². The summed E-state index contributed by atoms with van der Waals surface area (Å²) in [4.78, 5) is 17.7. The van der Waals surface area contributed by atoms with E-state index in [4.69, 9.17) is 4.74 Å². The van der Waals surface area contributed by atoms with Crippen LogP contribution in [0.2, 0.25) is 0 Å². The molecular weight excluding hydrogens is 320 g/mol. The topological polar surface area (TPSA) is 43.6 Å². The van der Waals surface area contributed by atoms with Crippen LogP contribution in [0.25, 0.3) is 10.2 Å². The molecule has 0 aliphatic heterocycles. The third-order valence-corrected chi connectivity index (χ3v) is 4.97. The second-order valence-electron chi connectivity index (χ2n) is 5.73. The van der Waals surface area contributed by atoms with Gasteiger partial charge in [-0.05, 0) is 43.2 Å². The van der Waals surface area contributed by atoms with E-state index < -0.39 is 0 Å². The molecule has 0 spiro atoms. The van der Waals surface area contributed by atoms with Crippen LogP contribution in [0.3, 0.4) is 0 Å². The van der Waals surface area contributed by atoms with Gasteiger partial charge in [0, 0.05) is 19.2 Å². The van der Waals surface area contributed by atoms with Crippen molar-refractivity contribution in [3.8, 4) is 0 Å². The van der Waals surface area contributed by atoms with Crippen LogP contribution < -0.4 is 4.80 Å². The summed E-state index contributed by atoms with van der Waals surface area (Å²) in [5.74, 6) is -0.206. The summed E-state index contributed by atoms with van der Waals surface area (Å²) >= 11 is 1.54. The smallest absolute Gasteiger partial charge is 0.279 e. The van der Waals surface area contributed by atoms with Crippen molar-refractivity contribution in [3.63, 3.8) is 0 Å². The number of carbonyl (C=O) groups excluding carboxylic acids is 1. The van der Waals surface area contributed by atoms with E-state index in [0.717, 1.165) is 15.8 Å². The van der Waals surface area contributed by atoms with Crippen molar-refractivity contribution in [1.82, 2.24) is 4.57 Å². The van der Waals surface area contributed by atoms with Crippen LogP contribution >= 0.6 is 11.3 Å². The van der Waals surface area contributed by atoms with Gasteiger partial charge in [-0.2, -0.15) is 4.99 Å². The molecule has 1 aromatic heterocycles. The minimum absolute atomic E-state index is 0.206. The molecule has 3 rings (SSSR count). The molecule has 0 N–H and O–H groups in total. The molecule has 0 atom stereocenters. The summed E-state index contributed by atoms with van der Waals surface area (Å²) in [6.45, 7) is 5.23. The van der Waals surface area contributed by atoms with Gasteiger partial charge in [0.1, 0.15) is 0 Å². The highest BCUT2D eigenvalue weighted by Crippen LogP contribution is 2.19. The number of hydrogen-bond acceptors (Lipinski definition) is 3. The number of methoxy groups -OCH3 is 1. The minimum atomic E-state index is -0.206. The standard InChI is InChI=1S/C19H20N2O2S/c1-13-8-9-16-17(12-13)24-19(21(16)10-11-23-3)20-18(22)15-7-5-4-6-14(15)2/h4-9,12H,10-11H2,1-3H3. The lowest BCUT2D eigenvalue weighted by atomic mass is 10.1. The Bertz CT molecular complexity index is 953. The molecule has 4 nitrogen and oxygen atoms in total. The van der Waals surface area contributed by atoms with Crippen molar-refractivity contribution >= 4 is 27.5 Å². The first kappa shape index (κ1) is 16.6. The molecule has 0 unspecified atom stereocenters. The Morgan fingerprint density at radius 1 is 1.21 bits per heavy atom. The van der Waals surface area contributed by atoms with Gasteiger partial charge in [0.15, 0.2) is 4.80 Å². The van der Waals surface area contributed by atoms with Crippen molar-refractivity contribution < 1.29 is 9.53 Å². The lowest BCUT2D eigenvalue weighted by Crippen LogP contribution is -2.19. The van der Waals surface area contributed by atoms with Gasteiger partial charge in [-0.15, -0.1) is 0 Å². The highest BCUT2D eigenvalue weighted by atomic mass is 32.1. The number of hydrogen-bond donors (Lipinski definition) is 0. The second-order valence-corrected chi connectivity index (χ2v) is 6.74. The highest BCUT2D eigenvalue weighted by molar-refractivity contribution is 7.16. The van der Waals surface area contributed by atoms with Gasteiger partial charge < -0.3 is 9.30 Å². The van der Waals surface area contributed by atoms with E-state index >= 15 is 0 Å². The fourth-order valence-electron chi connectivity index (χ4n) is 2.62. The Morgan fingerprint density at radius 3 is 2.75 bits per heavy atom. The number of carbonyl (C=O) groups is 1. The van der Waals surface area contributed by atoms with E-state index in [1.54, 1.807) is 7.11 Å². The molecule has 1 heterocycles. The molecule has 0 radical (unpaired) electrons.